The number of thiophene rings is 1. The van der Waals surface area contributed by atoms with Gasteiger partial charge >= 0.3 is 0 Å². The first kappa shape index (κ1) is 29.2. The van der Waals surface area contributed by atoms with E-state index in [4.69, 9.17) is 11.5 Å². The van der Waals surface area contributed by atoms with Gasteiger partial charge in [-0.2, -0.15) is 4.99 Å². The summed E-state index contributed by atoms with van der Waals surface area (Å²) in [6.45, 7) is 0.979. The van der Waals surface area contributed by atoms with Crippen molar-refractivity contribution in [1.29, 1.82) is 0 Å². The first-order valence-corrected chi connectivity index (χ1v) is 10.5. The lowest BCUT2D eigenvalue weighted by Crippen LogP contribution is -2.31. The maximum Gasteiger partial charge on any atom is 0.280 e. The van der Waals surface area contributed by atoms with Crippen LogP contribution in [0.4, 0.5) is 8.78 Å². The highest BCUT2D eigenvalue weighted by atomic mass is 35.5. The number of aliphatic imine (C=N–C) groups is 1. The third kappa shape index (κ3) is 6.86. The van der Waals surface area contributed by atoms with Gasteiger partial charge in [0.15, 0.2) is 5.96 Å². The number of hydrogen-bond acceptors (Lipinski definition) is 4. The Balaban J connectivity index is 0.00000289. The second-order valence-electron chi connectivity index (χ2n) is 7.34. The molecule has 0 aliphatic rings. The van der Waals surface area contributed by atoms with Crippen molar-refractivity contribution in [3.05, 3.63) is 58.5 Å². The molecule has 0 atom stereocenters. The van der Waals surface area contributed by atoms with Gasteiger partial charge in [-0.25, -0.2) is 8.78 Å². The fraction of sp³-hybridized carbons (Fsp3) is 0.227. The zero-order chi connectivity index (χ0) is 23.4. The van der Waals surface area contributed by atoms with Gasteiger partial charge in [0.25, 0.3) is 18.2 Å². The largest absolute Gasteiger partial charge is 0.370 e. The number of hydrogen-bond donors (Lipinski definition) is 3. The highest BCUT2D eigenvalue weighted by Crippen LogP contribution is 2.43. The average molecular weight is 532 g/mol. The van der Waals surface area contributed by atoms with Crippen LogP contribution in [-0.2, 0) is 0 Å². The number of nitrogens with one attached hydrogen (secondary N) is 1. The van der Waals surface area contributed by atoms with E-state index in [1.54, 1.807) is 24.3 Å². The Labute approximate surface area is 212 Å². The molecule has 0 bridgehead atoms. The van der Waals surface area contributed by atoms with Crippen LogP contribution in [0.15, 0.2) is 47.5 Å². The number of carbonyl (C=O) groups excluding carboxylic acids is 2. The van der Waals surface area contributed by atoms with E-state index >= 15 is 0 Å². The number of amides is 2. The molecule has 1 heterocycles. The number of nitrogens with two attached hydrogens (primary N) is 2. The number of rotatable bonds is 7. The molecule has 12 heteroatoms. The summed E-state index contributed by atoms with van der Waals surface area (Å²) in [6, 6.07) is 11.3. The van der Waals surface area contributed by atoms with Crippen LogP contribution in [-0.4, -0.2) is 49.9 Å². The molecular formula is C22H25Cl2F2N5O2S. The minimum absolute atomic E-state index is 0. The lowest BCUT2D eigenvalue weighted by Gasteiger charge is -2.12. The molecule has 34 heavy (non-hydrogen) atoms. The van der Waals surface area contributed by atoms with Gasteiger partial charge in [-0.05, 0) is 43.9 Å². The van der Waals surface area contributed by atoms with Crippen LogP contribution < -0.4 is 16.8 Å². The quantitative estimate of drug-likeness (QED) is 0.314. The van der Waals surface area contributed by atoms with Crippen molar-refractivity contribution in [2.45, 2.75) is 6.43 Å². The molecule has 0 radical (unpaired) electrons. The summed E-state index contributed by atoms with van der Waals surface area (Å²) in [4.78, 5) is 30.5. The van der Waals surface area contributed by atoms with Crippen molar-refractivity contribution in [2.24, 2.45) is 16.5 Å². The van der Waals surface area contributed by atoms with E-state index < -0.39 is 24.2 Å². The predicted octanol–water partition coefficient (Wildman–Crippen LogP) is 4.05. The Bertz CT molecular complexity index is 1200. The fourth-order valence-electron chi connectivity index (χ4n) is 3.22. The van der Waals surface area contributed by atoms with E-state index in [1.807, 2.05) is 19.0 Å². The maximum absolute atomic E-state index is 13.9. The number of nitrogens with zero attached hydrogens (tertiary/aromatic N) is 2. The van der Waals surface area contributed by atoms with Gasteiger partial charge in [0.2, 0.25) is 0 Å². The molecule has 0 aliphatic carbocycles. The minimum atomic E-state index is -2.73. The van der Waals surface area contributed by atoms with Crippen molar-refractivity contribution in [1.82, 2.24) is 10.2 Å². The van der Waals surface area contributed by atoms with Gasteiger partial charge in [0.1, 0.15) is 0 Å². The Morgan fingerprint density at radius 1 is 1.09 bits per heavy atom. The van der Waals surface area contributed by atoms with Crippen molar-refractivity contribution in [3.8, 4) is 11.1 Å². The number of fused-ring (bicyclic) bond motifs is 1. The highest BCUT2D eigenvalue weighted by molar-refractivity contribution is 7.19. The molecule has 1 aromatic heterocycles. The molecule has 2 aromatic carbocycles. The van der Waals surface area contributed by atoms with Gasteiger partial charge in [-0.15, -0.1) is 36.2 Å². The standard InChI is InChI=1S/C22H23F2N5O2S.2ClH/c1-29(2)8-7-27-20(30)13-9-12(10-14(11-13)21(31)28-22(25)26)17-15-5-3-4-6-16(15)32-18(17)19(23)24;;/h3-6,9-11,19H,7-8H2,1-2H3,(H,27,30)(H4,25,26,28,31);2*1H. The molecule has 0 aliphatic heterocycles. The van der Waals surface area contributed by atoms with Gasteiger partial charge in [0, 0.05) is 39.9 Å². The van der Waals surface area contributed by atoms with E-state index in [2.05, 4.69) is 10.3 Å². The van der Waals surface area contributed by atoms with Crippen molar-refractivity contribution in [2.75, 3.05) is 27.2 Å². The summed E-state index contributed by atoms with van der Waals surface area (Å²) in [7, 11) is 3.73. The van der Waals surface area contributed by atoms with Gasteiger partial charge in [-0.3, -0.25) is 9.59 Å². The third-order valence-corrected chi connectivity index (χ3v) is 5.81. The summed E-state index contributed by atoms with van der Waals surface area (Å²) < 4.78 is 28.5. The summed E-state index contributed by atoms with van der Waals surface area (Å²) in [5.74, 6) is -1.65. The lowest BCUT2D eigenvalue weighted by molar-refractivity contribution is 0.0951. The lowest BCUT2D eigenvalue weighted by atomic mass is 9.96. The maximum atomic E-state index is 13.9. The molecule has 7 nitrogen and oxygen atoms in total. The molecule has 0 unspecified atom stereocenters. The zero-order valence-electron chi connectivity index (χ0n) is 18.4. The van der Waals surface area contributed by atoms with Crippen LogP contribution >= 0.6 is 36.2 Å². The molecule has 184 valence electrons. The Hall–Kier alpha value is -2.79. The van der Waals surface area contributed by atoms with Crippen LogP contribution in [0.25, 0.3) is 21.2 Å². The van der Waals surface area contributed by atoms with E-state index in [0.29, 0.717) is 28.7 Å². The molecule has 5 N–H and O–H groups in total. The molecule has 2 amide bonds. The second-order valence-corrected chi connectivity index (χ2v) is 8.42. The van der Waals surface area contributed by atoms with Gasteiger partial charge < -0.3 is 21.7 Å². The van der Waals surface area contributed by atoms with E-state index in [9.17, 15) is 18.4 Å². The summed E-state index contributed by atoms with van der Waals surface area (Å²) in [5, 5.41) is 3.37. The summed E-state index contributed by atoms with van der Waals surface area (Å²) in [5.41, 5.74) is 11.4. The third-order valence-electron chi connectivity index (χ3n) is 4.63. The molecule has 3 aromatic rings. The zero-order valence-corrected chi connectivity index (χ0v) is 20.8. The van der Waals surface area contributed by atoms with Gasteiger partial charge in [0.05, 0.1) is 4.88 Å². The number of carbonyl (C=O) groups is 2. The summed E-state index contributed by atoms with van der Waals surface area (Å²) >= 11 is 0.975. The monoisotopic (exact) mass is 531 g/mol. The van der Waals surface area contributed by atoms with E-state index in [0.717, 1.165) is 11.3 Å². The Morgan fingerprint density at radius 2 is 1.74 bits per heavy atom. The first-order chi connectivity index (χ1) is 15.2. The molecule has 0 saturated carbocycles. The molecule has 0 fully saturated rings. The molecular weight excluding hydrogens is 507 g/mol. The number of guanidine groups is 1. The normalized spacial score (nSPS) is 10.5. The van der Waals surface area contributed by atoms with Crippen molar-refractivity contribution < 1.29 is 18.4 Å². The molecule has 3 rings (SSSR count). The van der Waals surface area contributed by atoms with Crippen LogP contribution in [0.5, 0.6) is 0 Å². The number of halogens is 4. The van der Waals surface area contributed by atoms with E-state index in [-0.39, 0.29) is 46.4 Å². The fourth-order valence-corrected chi connectivity index (χ4v) is 4.30. The number of alkyl halides is 2. The van der Waals surface area contributed by atoms with E-state index in [1.165, 1.54) is 18.2 Å². The molecule has 0 spiro atoms. The van der Waals surface area contributed by atoms with Crippen LogP contribution in [0.3, 0.4) is 0 Å². The predicted molar refractivity (Wildman–Crippen MR) is 138 cm³/mol. The molecule has 0 saturated heterocycles. The van der Waals surface area contributed by atoms with Crippen LogP contribution in [0.1, 0.15) is 32.0 Å². The van der Waals surface area contributed by atoms with Crippen LogP contribution in [0, 0.1) is 0 Å². The highest BCUT2D eigenvalue weighted by Gasteiger charge is 2.23. The minimum Gasteiger partial charge on any atom is -0.370 e. The summed E-state index contributed by atoms with van der Waals surface area (Å²) in [6.07, 6.45) is -2.73. The Kier molecular flexibility index (Phi) is 10.8. The van der Waals surface area contributed by atoms with Crippen molar-refractivity contribution in [3.63, 3.8) is 0 Å². The number of benzene rings is 2. The van der Waals surface area contributed by atoms with Gasteiger partial charge in [-0.1, -0.05) is 18.2 Å². The average Bonchev–Trinajstić information content (AvgIpc) is 3.12. The Morgan fingerprint density at radius 3 is 2.35 bits per heavy atom. The van der Waals surface area contributed by atoms with Crippen molar-refractivity contribution >= 4 is 64.0 Å². The topological polar surface area (TPSA) is 114 Å². The smallest absolute Gasteiger partial charge is 0.280 e. The second kappa shape index (κ2) is 12.6. The van der Waals surface area contributed by atoms with Crippen LogP contribution in [0.2, 0.25) is 0 Å². The SMILES string of the molecule is CN(C)CCNC(=O)c1cc(C(=O)N=C(N)N)cc(-c2c(C(F)F)sc3ccccc23)c1.Cl.Cl. The number of likely N-dealkylation sites (N-methyl/N-ethyl adjacent to an activating group) is 1. The first-order valence-electron chi connectivity index (χ1n) is 9.69.